The van der Waals surface area contributed by atoms with Crippen LogP contribution in [0.25, 0.3) is 0 Å². The summed E-state index contributed by atoms with van der Waals surface area (Å²) in [6, 6.07) is 22.7. The van der Waals surface area contributed by atoms with E-state index >= 15 is 0 Å². The Hall–Kier alpha value is -2.47. The highest BCUT2D eigenvalue weighted by Crippen LogP contribution is 2.25. The molecule has 0 aliphatic carbocycles. The van der Waals surface area contributed by atoms with Crippen LogP contribution < -0.4 is 5.32 Å². The summed E-state index contributed by atoms with van der Waals surface area (Å²) in [6.45, 7) is 4.77. The number of thioether (sulfide) groups is 1. The van der Waals surface area contributed by atoms with Gasteiger partial charge in [0.05, 0.1) is 15.8 Å². The maximum Gasteiger partial charge on any atom is 0.243 e. The first-order chi connectivity index (χ1) is 16.9. The molecule has 0 aromatic heterocycles. The van der Waals surface area contributed by atoms with Crippen LogP contribution in [0.1, 0.15) is 29.2 Å². The molecular formula is C28H30Cl2N2O2S. The Morgan fingerprint density at radius 1 is 0.914 bits per heavy atom. The average molecular weight is 530 g/mol. The molecule has 3 rings (SSSR count). The third-order valence-electron chi connectivity index (χ3n) is 5.54. The van der Waals surface area contributed by atoms with Crippen LogP contribution in [-0.2, 0) is 28.3 Å². The second kappa shape index (κ2) is 13.6. The van der Waals surface area contributed by atoms with Gasteiger partial charge in [0.15, 0.2) is 0 Å². The predicted molar refractivity (Wildman–Crippen MR) is 147 cm³/mol. The topological polar surface area (TPSA) is 49.4 Å². The van der Waals surface area contributed by atoms with Crippen LogP contribution in [0.15, 0.2) is 72.8 Å². The molecular weight excluding hydrogens is 499 g/mol. The Bertz CT molecular complexity index is 1140. The van der Waals surface area contributed by atoms with Gasteiger partial charge in [0.1, 0.15) is 6.04 Å². The zero-order chi connectivity index (χ0) is 25.2. The van der Waals surface area contributed by atoms with E-state index in [9.17, 15) is 9.59 Å². The van der Waals surface area contributed by atoms with Crippen LogP contribution in [0.4, 0.5) is 0 Å². The fraction of sp³-hybridized carbons (Fsp3) is 0.286. The quantitative estimate of drug-likeness (QED) is 0.317. The van der Waals surface area contributed by atoms with Crippen molar-refractivity contribution in [3.63, 3.8) is 0 Å². The number of benzene rings is 3. The molecule has 0 spiro atoms. The summed E-state index contributed by atoms with van der Waals surface area (Å²) >= 11 is 13.6. The smallest absolute Gasteiger partial charge is 0.243 e. The summed E-state index contributed by atoms with van der Waals surface area (Å²) in [5.41, 5.74) is 4.11. The largest absolute Gasteiger partial charge is 0.355 e. The van der Waals surface area contributed by atoms with Crippen molar-refractivity contribution >= 4 is 46.8 Å². The number of hydrogen-bond acceptors (Lipinski definition) is 3. The van der Waals surface area contributed by atoms with Crippen molar-refractivity contribution in [1.29, 1.82) is 0 Å². The molecule has 7 heteroatoms. The van der Waals surface area contributed by atoms with Gasteiger partial charge in [0, 0.05) is 25.3 Å². The van der Waals surface area contributed by atoms with Crippen LogP contribution in [0, 0.1) is 6.92 Å². The number of nitrogens with one attached hydrogen (secondary N) is 1. The van der Waals surface area contributed by atoms with E-state index < -0.39 is 6.04 Å². The Balaban J connectivity index is 1.82. The summed E-state index contributed by atoms with van der Waals surface area (Å²) in [5, 5.41) is 3.93. The fourth-order valence-electron chi connectivity index (χ4n) is 3.82. The van der Waals surface area contributed by atoms with Crippen LogP contribution in [0.2, 0.25) is 10.0 Å². The van der Waals surface area contributed by atoms with Gasteiger partial charge >= 0.3 is 0 Å². The van der Waals surface area contributed by atoms with Crippen LogP contribution in [0.5, 0.6) is 0 Å². The minimum Gasteiger partial charge on any atom is -0.355 e. The maximum atomic E-state index is 13.6. The molecule has 35 heavy (non-hydrogen) atoms. The normalized spacial score (nSPS) is 11.7. The molecule has 0 heterocycles. The molecule has 3 aromatic rings. The van der Waals surface area contributed by atoms with Gasteiger partial charge in [-0.1, -0.05) is 89.4 Å². The van der Waals surface area contributed by atoms with E-state index in [2.05, 4.69) is 11.4 Å². The van der Waals surface area contributed by atoms with E-state index in [1.165, 1.54) is 11.8 Å². The predicted octanol–water partition coefficient (Wildman–Crippen LogP) is 6.31. The second-order valence-corrected chi connectivity index (χ2v) is 10.2. The summed E-state index contributed by atoms with van der Waals surface area (Å²) < 4.78 is 0. The monoisotopic (exact) mass is 528 g/mol. The van der Waals surface area contributed by atoms with E-state index in [4.69, 9.17) is 23.2 Å². The third-order valence-corrected chi connectivity index (χ3v) is 7.26. The number of halogens is 2. The van der Waals surface area contributed by atoms with Gasteiger partial charge in [0.25, 0.3) is 0 Å². The number of aryl methyl sites for hydroxylation is 1. The SMILES string of the molecule is CCNC(=O)[C@@H](Cc1ccccc1)N(Cc1cccc(C)c1)C(=O)CSCc1ccc(Cl)c(Cl)c1. The fourth-order valence-corrected chi connectivity index (χ4v) is 5.00. The van der Waals surface area contributed by atoms with Crippen LogP contribution >= 0.6 is 35.0 Å². The third kappa shape index (κ3) is 8.31. The molecule has 2 amide bonds. The lowest BCUT2D eigenvalue weighted by atomic mass is 10.0. The standard InChI is InChI=1S/C28H30Cl2N2O2S/c1-3-31-28(34)26(16-21-9-5-4-6-10-21)32(17-22-11-7-8-20(2)14-22)27(33)19-35-18-23-12-13-24(29)25(30)15-23/h4-15,26H,3,16-19H2,1-2H3,(H,31,34)/t26-/m1/s1. The van der Waals surface area contributed by atoms with Gasteiger partial charge in [-0.3, -0.25) is 9.59 Å². The van der Waals surface area contributed by atoms with Gasteiger partial charge in [-0.15, -0.1) is 11.8 Å². The highest BCUT2D eigenvalue weighted by Gasteiger charge is 2.30. The molecule has 0 fully saturated rings. The van der Waals surface area contributed by atoms with Crippen molar-refractivity contribution in [3.05, 3.63) is 105 Å². The highest BCUT2D eigenvalue weighted by atomic mass is 35.5. The van der Waals surface area contributed by atoms with Gasteiger partial charge < -0.3 is 10.2 Å². The molecule has 0 radical (unpaired) electrons. The number of likely N-dealkylation sites (N-methyl/N-ethyl adjacent to an activating group) is 1. The van der Waals surface area contributed by atoms with E-state index in [0.717, 1.165) is 22.3 Å². The zero-order valence-electron chi connectivity index (χ0n) is 20.0. The summed E-state index contributed by atoms with van der Waals surface area (Å²) in [7, 11) is 0. The first kappa shape index (κ1) is 27.1. The van der Waals surface area contributed by atoms with Gasteiger partial charge in [-0.25, -0.2) is 0 Å². The number of carbonyl (C=O) groups excluding carboxylic acids is 2. The number of nitrogens with zero attached hydrogens (tertiary/aromatic N) is 1. The number of hydrogen-bond donors (Lipinski definition) is 1. The molecule has 184 valence electrons. The van der Waals surface area contributed by atoms with Crippen LogP contribution in [-0.4, -0.2) is 35.1 Å². The first-order valence-electron chi connectivity index (χ1n) is 11.6. The van der Waals surface area contributed by atoms with Gasteiger partial charge in [0.2, 0.25) is 11.8 Å². The molecule has 1 N–H and O–H groups in total. The number of amides is 2. The number of carbonyl (C=O) groups is 2. The summed E-state index contributed by atoms with van der Waals surface area (Å²) in [5.74, 6) is 0.637. The van der Waals surface area contributed by atoms with Crippen molar-refractivity contribution in [3.8, 4) is 0 Å². The van der Waals surface area contributed by atoms with Gasteiger partial charge in [-0.05, 0) is 42.7 Å². The summed E-state index contributed by atoms with van der Waals surface area (Å²) in [4.78, 5) is 28.5. The molecule has 1 atom stereocenters. The minimum atomic E-state index is -0.615. The van der Waals surface area contributed by atoms with Crippen LogP contribution in [0.3, 0.4) is 0 Å². The molecule has 0 saturated carbocycles. The summed E-state index contributed by atoms with van der Waals surface area (Å²) in [6.07, 6.45) is 0.446. The van der Waals surface area contributed by atoms with E-state index in [-0.39, 0.29) is 17.6 Å². The highest BCUT2D eigenvalue weighted by molar-refractivity contribution is 7.99. The van der Waals surface area contributed by atoms with Crippen molar-refractivity contribution in [2.24, 2.45) is 0 Å². The van der Waals surface area contributed by atoms with E-state index in [1.54, 1.807) is 11.0 Å². The molecule has 0 aliphatic rings. The first-order valence-corrected chi connectivity index (χ1v) is 13.5. The Kier molecular flexibility index (Phi) is 10.5. The lowest BCUT2D eigenvalue weighted by Gasteiger charge is -2.31. The van der Waals surface area contributed by atoms with Crippen molar-refractivity contribution in [2.75, 3.05) is 12.3 Å². The van der Waals surface area contributed by atoms with Crippen molar-refractivity contribution in [2.45, 2.75) is 38.6 Å². The molecule has 0 aliphatic heterocycles. The van der Waals surface area contributed by atoms with E-state index in [0.29, 0.717) is 35.3 Å². The Labute approximate surface area is 222 Å². The lowest BCUT2D eigenvalue weighted by molar-refractivity contribution is -0.139. The number of rotatable bonds is 11. The molecule has 0 saturated heterocycles. The van der Waals surface area contributed by atoms with Crippen molar-refractivity contribution in [1.82, 2.24) is 10.2 Å². The second-order valence-electron chi connectivity index (χ2n) is 8.35. The Morgan fingerprint density at radius 2 is 1.66 bits per heavy atom. The van der Waals surface area contributed by atoms with Crippen molar-refractivity contribution < 1.29 is 9.59 Å². The molecule has 0 unspecified atom stereocenters. The molecule has 3 aromatic carbocycles. The molecule has 0 bridgehead atoms. The maximum absolute atomic E-state index is 13.6. The van der Waals surface area contributed by atoms with Gasteiger partial charge in [-0.2, -0.15) is 0 Å². The lowest BCUT2D eigenvalue weighted by Crippen LogP contribution is -2.51. The minimum absolute atomic E-state index is 0.0799. The van der Waals surface area contributed by atoms with E-state index in [1.807, 2.05) is 74.5 Å². The Morgan fingerprint density at radius 3 is 2.34 bits per heavy atom. The zero-order valence-corrected chi connectivity index (χ0v) is 22.3. The molecule has 4 nitrogen and oxygen atoms in total. The average Bonchev–Trinajstić information content (AvgIpc) is 2.84.